The van der Waals surface area contributed by atoms with Gasteiger partial charge in [-0.05, 0) is 26.1 Å². The molecule has 0 saturated heterocycles. The molecular formula is C7H18FN. The lowest BCUT2D eigenvalue weighted by Crippen LogP contribution is -2.23. The van der Waals surface area contributed by atoms with Gasteiger partial charge in [0.2, 0.25) is 0 Å². The average Bonchev–Trinajstić information content (AvgIpc) is 1.83. The van der Waals surface area contributed by atoms with Crippen LogP contribution in [0.3, 0.4) is 0 Å². The summed E-state index contributed by atoms with van der Waals surface area (Å²) < 4.78 is 0. The van der Waals surface area contributed by atoms with Crippen molar-refractivity contribution in [3.8, 4) is 0 Å². The van der Waals surface area contributed by atoms with Gasteiger partial charge in [-0.1, -0.05) is 20.8 Å². The van der Waals surface area contributed by atoms with E-state index in [1.54, 1.807) is 0 Å². The van der Waals surface area contributed by atoms with Crippen LogP contribution in [0.4, 0.5) is 4.70 Å². The van der Waals surface area contributed by atoms with Gasteiger partial charge in [0.05, 0.1) is 0 Å². The number of halogens is 1. The first-order valence-corrected chi connectivity index (χ1v) is 3.57. The molecule has 0 aliphatic heterocycles. The van der Waals surface area contributed by atoms with Crippen molar-refractivity contribution in [3.05, 3.63) is 0 Å². The van der Waals surface area contributed by atoms with E-state index in [0.29, 0.717) is 0 Å². The monoisotopic (exact) mass is 135 g/mol. The van der Waals surface area contributed by atoms with Crippen molar-refractivity contribution in [2.24, 2.45) is 0 Å². The molecule has 0 fully saturated rings. The van der Waals surface area contributed by atoms with Crippen LogP contribution < -0.4 is 0 Å². The van der Waals surface area contributed by atoms with Crippen molar-refractivity contribution in [2.75, 3.05) is 19.6 Å². The Labute approximate surface area is 57.4 Å². The van der Waals surface area contributed by atoms with Crippen molar-refractivity contribution in [2.45, 2.75) is 27.2 Å². The molecule has 0 aromatic carbocycles. The number of rotatable bonds is 4. The molecule has 9 heavy (non-hydrogen) atoms. The molecule has 1 nitrogen and oxygen atoms in total. The van der Waals surface area contributed by atoms with Crippen LogP contribution in [0.5, 0.6) is 0 Å². The summed E-state index contributed by atoms with van der Waals surface area (Å²) in [6.45, 7) is 10.3. The first-order chi connectivity index (χ1) is 3.85. The lowest BCUT2D eigenvalue weighted by Gasteiger charge is -2.15. The molecule has 58 valence electrons. The Balaban J connectivity index is 0. The highest BCUT2D eigenvalue weighted by Gasteiger charge is 1.92. The molecule has 0 aromatic rings. The SMILES string of the molecule is CCCN(CC)CC.F. The second-order valence-electron chi connectivity index (χ2n) is 2.03. The Hall–Kier alpha value is -0.110. The highest BCUT2D eigenvalue weighted by atomic mass is 19.0. The molecule has 0 saturated carbocycles. The molecule has 0 aliphatic carbocycles. The van der Waals surface area contributed by atoms with Gasteiger partial charge >= 0.3 is 0 Å². The van der Waals surface area contributed by atoms with E-state index < -0.39 is 0 Å². The maximum atomic E-state index is 2.43. The Morgan fingerprint density at radius 2 is 1.44 bits per heavy atom. The van der Waals surface area contributed by atoms with Gasteiger partial charge in [-0.2, -0.15) is 0 Å². The van der Waals surface area contributed by atoms with Crippen LogP contribution in [0, 0.1) is 0 Å². The van der Waals surface area contributed by atoms with E-state index in [2.05, 4.69) is 25.7 Å². The van der Waals surface area contributed by atoms with Gasteiger partial charge in [-0.25, -0.2) is 0 Å². The molecule has 0 spiro atoms. The van der Waals surface area contributed by atoms with E-state index in [0.717, 1.165) is 0 Å². The minimum absolute atomic E-state index is 0. The van der Waals surface area contributed by atoms with Crippen molar-refractivity contribution in [3.63, 3.8) is 0 Å². The second kappa shape index (κ2) is 7.89. The van der Waals surface area contributed by atoms with Gasteiger partial charge in [-0.15, -0.1) is 0 Å². The van der Waals surface area contributed by atoms with E-state index >= 15 is 0 Å². The molecule has 0 heterocycles. The van der Waals surface area contributed by atoms with Gasteiger partial charge in [-0.3, -0.25) is 4.70 Å². The third kappa shape index (κ3) is 5.77. The topological polar surface area (TPSA) is 3.24 Å². The number of nitrogens with zero attached hydrogens (tertiary/aromatic N) is 1. The predicted octanol–water partition coefficient (Wildman–Crippen LogP) is 1.89. The van der Waals surface area contributed by atoms with Gasteiger partial charge in [0.1, 0.15) is 0 Å². The van der Waals surface area contributed by atoms with Crippen molar-refractivity contribution >= 4 is 0 Å². The maximum Gasteiger partial charge on any atom is -0.00216 e. The smallest absolute Gasteiger partial charge is 0.00216 e. The fourth-order valence-corrected chi connectivity index (χ4v) is 0.856. The Morgan fingerprint density at radius 3 is 1.56 bits per heavy atom. The van der Waals surface area contributed by atoms with Crippen molar-refractivity contribution in [1.29, 1.82) is 0 Å². The molecule has 0 unspecified atom stereocenters. The minimum atomic E-state index is 0. The van der Waals surface area contributed by atoms with Gasteiger partial charge in [0.15, 0.2) is 0 Å². The number of hydrogen-bond donors (Lipinski definition) is 0. The van der Waals surface area contributed by atoms with Crippen LogP contribution in [0.2, 0.25) is 0 Å². The zero-order valence-electron chi connectivity index (χ0n) is 6.68. The Kier molecular flexibility index (Phi) is 10.2. The van der Waals surface area contributed by atoms with Crippen LogP contribution in [0.15, 0.2) is 0 Å². The predicted molar refractivity (Wildman–Crippen MR) is 40.6 cm³/mol. The fourth-order valence-electron chi connectivity index (χ4n) is 0.856. The van der Waals surface area contributed by atoms with Gasteiger partial charge in [0.25, 0.3) is 0 Å². The van der Waals surface area contributed by atoms with Crippen LogP contribution >= 0.6 is 0 Å². The average molecular weight is 135 g/mol. The van der Waals surface area contributed by atoms with Crippen LogP contribution in [0.1, 0.15) is 27.2 Å². The van der Waals surface area contributed by atoms with Crippen molar-refractivity contribution in [1.82, 2.24) is 4.90 Å². The highest BCUT2D eigenvalue weighted by Crippen LogP contribution is 1.87. The molecular weight excluding hydrogens is 117 g/mol. The van der Waals surface area contributed by atoms with E-state index in [4.69, 9.17) is 0 Å². The molecule has 0 amide bonds. The lowest BCUT2D eigenvalue weighted by molar-refractivity contribution is 0.304. The summed E-state index contributed by atoms with van der Waals surface area (Å²) in [5.41, 5.74) is 0. The lowest BCUT2D eigenvalue weighted by atomic mass is 10.4. The quantitative estimate of drug-likeness (QED) is 0.569. The molecule has 0 N–H and O–H groups in total. The minimum Gasteiger partial charge on any atom is -0.304 e. The third-order valence-corrected chi connectivity index (χ3v) is 1.43. The van der Waals surface area contributed by atoms with Crippen LogP contribution in [-0.4, -0.2) is 24.5 Å². The van der Waals surface area contributed by atoms with Crippen LogP contribution in [0.25, 0.3) is 0 Å². The third-order valence-electron chi connectivity index (χ3n) is 1.43. The Morgan fingerprint density at radius 1 is 1.00 bits per heavy atom. The zero-order valence-corrected chi connectivity index (χ0v) is 6.68. The molecule has 0 radical (unpaired) electrons. The molecule has 0 atom stereocenters. The summed E-state index contributed by atoms with van der Waals surface area (Å²) >= 11 is 0. The number of hydrogen-bond acceptors (Lipinski definition) is 1. The highest BCUT2D eigenvalue weighted by molar-refractivity contribution is 4.47. The molecule has 2 heteroatoms. The first-order valence-electron chi connectivity index (χ1n) is 3.57. The molecule has 0 rings (SSSR count). The summed E-state index contributed by atoms with van der Waals surface area (Å²) in [6, 6.07) is 0. The summed E-state index contributed by atoms with van der Waals surface area (Å²) in [5, 5.41) is 0. The first kappa shape index (κ1) is 11.7. The summed E-state index contributed by atoms with van der Waals surface area (Å²) in [7, 11) is 0. The van der Waals surface area contributed by atoms with E-state index in [1.165, 1.54) is 26.1 Å². The van der Waals surface area contributed by atoms with Gasteiger partial charge in [0, 0.05) is 0 Å². The van der Waals surface area contributed by atoms with E-state index in [9.17, 15) is 0 Å². The standard InChI is InChI=1S/C7H17N.FH/c1-4-7-8(5-2)6-3;/h4-7H2,1-3H3;1H. The van der Waals surface area contributed by atoms with Gasteiger partial charge < -0.3 is 4.90 Å². The van der Waals surface area contributed by atoms with Crippen LogP contribution in [-0.2, 0) is 0 Å². The summed E-state index contributed by atoms with van der Waals surface area (Å²) in [5.74, 6) is 0. The molecule has 0 aliphatic rings. The van der Waals surface area contributed by atoms with Crippen molar-refractivity contribution < 1.29 is 4.70 Å². The summed E-state index contributed by atoms with van der Waals surface area (Å²) in [4.78, 5) is 2.43. The normalized spacial score (nSPS) is 9.33. The fraction of sp³-hybridized carbons (Fsp3) is 1.00. The van der Waals surface area contributed by atoms with E-state index in [-0.39, 0.29) is 4.70 Å². The Bertz CT molecular complexity index is 44.2. The maximum absolute atomic E-state index is 2.43. The second-order valence-corrected chi connectivity index (χ2v) is 2.03. The summed E-state index contributed by atoms with van der Waals surface area (Å²) in [6.07, 6.45) is 1.28. The molecule has 0 bridgehead atoms. The largest absolute Gasteiger partial charge is 0.304 e. The van der Waals surface area contributed by atoms with E-state index in [1.807, 2.05) is 0 Å². The molecule has 0 aromatic heterocycles. The zero-order chi connectivity index (χ0) is 6.41.